The lowest BCUT2D eigenvalue weighted by Crippen LogP contribution is -2.44. The molecule has 7 nitrogen and oxygen atoms in total. The summed E-state index contributed by atoms with van der Waals surface area (Å²) in [7, 11) is 1.86. The topological polar surface area (TPSA) is 82.7 Å². The minimum atomic E-state index is -0.267. The molecule has 0 spiro atoms. The van der Waals surface area contributed by atoms with Gasteiger partial charge in [0.15, 0.2) is 0 Å². The second-order valence-corrected chi connectivity index (χ2v) is 5.36. The Morgan fingerprint density at radius 1 is 1.50 bits per heavy atom. The molecular formula is C13H22N4O3. The highest BCUT2D eigenvalue weighted by Gasteiger charge is 2.25. The van der Waals surface area contributed by atoms with E-state index in [1.807, 2.05) is 18.9 Å². The molecule has 1 atom stereocenters. The smallest absolute Gasteiger partial charge is 0.236 e. The number of likely N-dealkylation sites (tertiary alicyclic amines) is 1. The zero-order chi connectivity index (χ0) is 14.7. The Hall–Kier alpha value is -1.47. The Labute approximate surface area is 118 Å². The maximum absolute atomic E-state index is 12.2. The molecule has 1 aliphatic heterocycles. The summed E-state index contributed by atoms with van der Waals surface area (Å²) in [6.07, 6.45) is 1.05. The van der Waals surface area contributed by atoms with Crippen LogP contribution in [-0.2, 0) is 4.79 Å². The van der Waals surface area contributed by atoms with Gasteiger partial charge in [0.05, 0.1) is 18.7 Å². The first-order valence-corrected chi connectivity index (χ1v) is 6.93. The van der Waals surface area contributed by atoms with E-state index in [0.717, 1.165) is 0 Å². The van der Waals surface area contributed by atoms with Crippen LogP contribution in [0.1, 0.15) is 37.6 Å². The molecule has 20 heavy (non-hydrogen) atoms. The van der Waals surface area contributed by atoms with Gasteiger partial charge in [-0.1, -0.05) is 0 Å². The summed E-state index contributed by atoms with van der Waals surface area (Å²) >= 11 is 0. The second kappa shape index (κ2) is 6.32. The van der Waals surface area contributed by atoms with Crippen LogP contribution in [0.2, 0.25) is 0 Å². The third kappa shape index (κ3) is 3.55. The van der Waals surface area contributed by atoms with E-state index in [0.29, 0.717) is 44.3 Å². The molecule has 1 N–H and O–H groups in total. The van der Waals surface area contributed by atoms with Crippen molar-refractivity contribution in [3.05, 3.63) is 11.8 Å². The van der Waals surface area contributed by atoms with Crippen molar-refractivity contribution in [2.45, 2.75) is 38.8 Å². The summed E-state index contributed by atoms with van der Waals surface area (Å²) < 4.78 is 5.39. The van der Waals surface area contributed by atoms with E-state index < -0.39 is 0 Å². The monoisotopic (exact) mass is 282 g/mol. The summed E-state index contributed by atoms with van der Waals surface area (Å²) in [5.41, 5.74) is 0. The lowest BCUT2D eigenvalue weighted by atomic mass is 10.1. The highest BCUT2D eigenvalue weighted by atomic mass is 16.4. The van der Waals surface area contributed by atoms with Crippen LogP contribution >= 0.6 is 0 Å². The van der Waals surface area contributed by atoms with Crippen molar-refractivity contribution < 1.29 is 14.3 Å². The number of likely N-dealkylation sites (N-methyl/N-ethyl adjacent to an activating group) is 1. The number of amides is 1. The fraction of sp³-hybridized carbons (Fsp3) is 0.769. The van der Waals surface area contributed by atoms with Gasteiger partial charge in [-0.2, -0.15) is 0 Å². The fourth-order valence-electron chi connectivity index (χ4n) is 2.23. The summed E-state index contributed by atoms with van der Waals surface area (Å²) in [5, 5.41) is 17.2. The molecule has 0 radical (unpaired) electrons. The van der Waals surface area contributed by atoms with E-state index in [2.05, 4.69) is 10.2 Å². The van der Waals surface area contributed by atoms with Crippen LogP contribution in [-0.4, -0.2) is 63.8 Å². The van der Waals surface area contributed by atoms with Gasteiger partial charge in [-0.25, -0.2) is 0 Å². The molecular weight excluding hydrogens is 260 g/mol. The Morgan fingerprint density at radius 3 is 2.70 bits per heavy atom. The minimum Gasteiger partial charge on any atom is -0.424 e. The molecule has 2 rings (SSSR count). The van der Waals surface area contributed by atoms with Gasteiger partial charge in [0.25, 0.3) is 0 Å². The van der Waals surface area contributed by atoms with Gasteiger partial charge < -0.3 is 14.4 Å². The summed E-state index contributed by atoms with van der Waals surface area (Å²) in [5.74, 6) is 1.12. The average Bonchev–Trinajstić information content (AvgIpc) is 2.85. The van der Waals surface area contributed by atoms with Crippen LogP contribution in [0.5, 0.6) is 0 Å². The van der Waals surface area contributed by atoms with Gasteiger partial charge in [0.1, 0.15) is 0 Å². The number of aromatic nitrogens is 2. The summed E-state index contributed by atoms with van der Waals surface area (Å²) in [6.45, 7) is 5.23. The van der Waals surface area contributed by atoms with Crippen LogP contribution in [0.3, 0.4) is 0 Å². The van der Waals surface area contributed by atoms with Gasteiger partial charge in [-0.3, -0.25) is 9.69 Å². The van der Waals surface area contributed by atoms with Crippen molar-refractivity contribution in [3.8, 4) is 0 Å². The Balaban J connectivity index is 1.87. The van der Waals surface area contributed by atoms with Crippen molar-refractivity contribution in [1.82, 2.24) is 20.0 Å². The van der Waals surface area contributed by atoms with Crippen molar-refractivity contribution in [2.24, 2.45) is 0 Å². The van der Waals surface area contributed by atoms with Gasteiger partial charge in [-0.15, -0.1) is 10.2 Å². The van der Waals surface area contributed by atoms with Gasteiger partial charge in [-0.05, 0) is 26.8 Å². The minimum absolute atomic E-state index is 0.0717. The lowest BCUT2D eigenvalue weighted by Gasteiger charge is -2.31. The van der Waals surface area contributed by atoms with Crippen LogP contribution in [0.15, 0.2) is 4.42 Å². The van der Waals surface area contributed by atoms with E-state index >= 15 is 0 Å². The molecule has 0 bridgehead atoms. The van der Waals surface area contributed by atoms with E-state index in [4.69, 9.17) is 4.42 Å². The van der Waals surface area contributed by atoms with E-state index in [1.165, 1.54) is 0 Å². The van der Waals surface area contributed by atoms with Crippen molar-refractivity contribution >= 4 is 5.91 Å². The zero-order valence-corrected chi connectivity index (χ0v) is 12.2. The standard InChI is InChI=1S/C13H22N4O3/c1-9(13-15-14-10(2)20-13)16(3)8-12(19)17-6-4-11(18)5-7-17/h9,11,18H,4-8H2,1-3H3. The maximum atomic E-state index is 12.2. The Bertz CT molecular complexity index is 454. The van der Waals surface area contributed by atoms with Crippen LogP contribution < -0.4 is 0 Å². The highest BCUT2D eigenvalue weighted by Crippen LogP contribution is 2.17. The molecule has 1 saturated heterocycles. The predicted octanol–water partition coefficient (Wildman–Crippen LogP) is 0.354. The fourth-order valence-corrected chi connectivity index (χ4v) is 2.23. The van der Waals surface area contributed by atoms with E-state index in [1.54, 1.807) is 11.8 Å². The van der Waals surface area contributed by atoms with Crippen molar-refractivity contribution in [2.75, 3.05) is 26.7 Å². The third-order valence-corrected chi connectivity index (χ3v) is 3.76. The van der Waals surface area contributed by atoms with Crippen LogP contribution in [0.4, 0.5) is 0 Å². The normalized spacial score (nSPS) is 18.6. The van der Waals surface area contributed by atoms with Crippen LogP contribution in [0.25, 0.3) is 0 Å². The second-order valence-electron chi connectivity index (χ2n) is 5.36. The molecule has 1 aromatic rings. The number of carbonyl (C=O) groups excluding carboxylic acids is 1. The number of hydrogen-bond donors (Lipinski definition) is 1. The number of carbonyl (C=O) groups is 1. The van der Waals surface area contributed by atoms with Gasteiger partial charge in [0.2, 0.25) is 17.7 Å². The molecule has 1 fully saturated rings. The Morgan fingerprint density at radius 2 is 2.15 bits per heavy atom. The Kier molecular flexibility index (Phi) is 4.72. The first-order valence-electron chi connectivity index (χ1n) is 6.93. The zero-order valence-electron chi connectivity index (χ0n) is 12.2. The number of nitrogens with zero attached hydrogens (tertiary/aromatic N) is 4. The predicted molar refractivity (Wildman–Crippen MR) is 71.9 cm³/mol. The molecule has 112 valence electrons. The molecule has 1 amide bonds. The average molecular weight is 282 g/mol. The van der Waals surface area contributed by atoms with E-state index in [-0.39, 0.29) is 18.1 Å². The molecule has 1 aliphatic rings. The molecule has 1 unspecified atom stereocenters. The number of aliphatic hydroxyl groups excluding tert-OH is 1. The largest absolute Gasteiger partial charge is 0.424 e. The number of aryl methyl sites for hydroxylation is 1. The van der Waals surface area contributed by atoms with Gasteiger partial charge >= 0.3 is 0 Å². The summed E-state index contributed by atoms with van der Waals surface area (Å²) in [6, 6.07) is -0.101. The molecule has 1 aromatic heterocycles. The number of piperidine rings is 1. The van der Waals surface area contributed by atoms with Crippen molar-refractivity contribution in [3.63, 3.8) is 0 Å². The van der Waals surface area contributed by atoms with Gasteiger partial charge in [0, 0.05) is 20.0 Å². The van der Waals surface area contributed by atoms with E-state index in [9.17, 15) is 9.90 Å². The first kappa shape index (κ1) is 14.9. The number of hydrogen-bond acceptors (Lipinski definition) is 6. The molecule has 2 heterocycles. The number of aliphatic hydroxyl groups is 1. The summed E-state index contributed by atoms with van der Waals surface area (Å²) in [4.78, 5) is 15.9. The maximum Gasteiger partial charge on any atom is 0.236 e. The molecule has 0 saturated carbocycles. The highest BCUT2D eigenvalue weighted by molar-refractivity contribution is 5.78. The first-order chi connectivity index (χ1) is 9.47. The molecule has 7 heteroatoms. The lowest BCUT2D eigenvalue weighted by molar-refractivity contribution is -0.134. The SMILES string of the molecule is Cc1nnc(C(C)N(C)CC(=O)N2CCC(O)CC2)o1. The number of rotatable bonds is 4. The van der Waals surface area contributed by atoms with Crippen LogP contribution in [0, 0.1) is 6.92 Å². The third-order valence-electron chi connectivity index (χ3n) is 3.76. The molecule has 0 aliphatic carbocycles. The molecule has 0 aromatic carbocycles. The quantitative estimate of drug-likeness (QED) is 0.858. The van der Waals surface area contributed by atoms with Crippen molar-refractivity contribution in [1.29, 1.82) is 0 Å².